The molecule has 106 valence electrons. The Morgan fingerprint density at radius 3 is 2.35 bits per heavy atom. The summed E-state index contributed by atoms with van der Waals surface area (Å²) in [6.07, 6.45) is 5.39. The molecule has 1 aliphatic carbocycles. The standard InChI is InChI=1S/C16H17Br2NS/c17-12-7-3-8-13(18)16(12)19-15(11-5-1-2-6-11)14-9-4-10-20-14/h3-4,7-11,15,19H,1-2,5-6H2. The van der Waals surface area contributed by atoms with Crippen LogP contribution >= 0.6 is 43.2 Å². The molecule has 3 rings (SSSR count). The third kappa shape index (κ3) is 3.12. The average molecular weight is 415 g/mol. The van der Waals surface area contributed by atoms with Gasteiger partial charge >= 0.3 is 0 Å². The summed E-state index contributed by atoms with van der Waals surface area (Å²) in [5.74, 6) is 0.743. The largest absolute Gasteiger partial charge is 0.375 e. The van der Waals surface area contributed by atoms with Gasteiger partial charge in [-0.1, -0.05) is 25.0 Å². The van der Waals surface area contributed by atoms with Gasteiger partial charge in [0, 0.05) is 13.8 Å². The van der Waals surface area contributed by atoms with Crippen molar-refractivity contribution >= 4 is 48.9 Å². The van der Waals surface area contributed by atoms with Gasteiger partial charge in [-0.25, -0.2) is 0 Å². The summed E-state index contributed by atoms with van der Waals surface area (Å²) in [4.78, 5) is 1.44. The maximum Gasteiger partial charge on any atom is 0.0635 e. The number of hydrogen-bond donors (Lipinski definition) is 1. The van der Waals surface area contributed by atoms with Crippen LogP contribution in [0, 0.1) is 5.92 Å². The van der Waals surface area contributed by atoms with E-state index in [2.05, 4.69) is 72.9 Å². The molecule has 0 amide bonds. The summed E-state index contributed by atoms with van der Waals surface area (Å²) in [6.45, 7) is 0. The normalized spacial score (nSPS) is 17.3. The van der Waals surface area contributed by atoms with E-state index in [1.54, 1.807) is 0 Å². The van der Waals surface area contributed by atoms with Crippen LogP contribution in [0.3, 0.4) is 0 Å². The Kier molecular flexibility index (Phi) is 4.84. The SMILES string of the molecule is Brc1cccc(Br)c1NC(c1cccs1)C1CCCC1. The van der Waals surface area contributed by atoms with Crippen molar-refractivity contribution in [2.45, 2.75) is 31.7 Å². The van der Waals surface area contributed by atoms with Crippen LogP contribution in [0.4, 0.5) is 5.69 Å². The minimum atomic E-state index is 0.424. The van der Waals surface area contributed by atoms with Crippen molar-refractivity contribution in [3.8, 4) is 0 Å². The van der Waals surface area contributed by atoms with Gasteiger partial charge in [0.05, 0.1) is 11.7 Å². The molecule has 1 fully saturated rings. The zero-order chi connectivity index (χ0) is 13.9. The van der Waals surface area contributed by atoms with E-state index in [4.69, 9.17) is 0 Å². The third-order valence-electron chi connectivity index (χ3n) is 3.98. The molecule has 4 heteroatoms. The lowest BCUT2D eigenvalue weighted by molar-refractivity contribution is 0.475. The predicted molar refractivity (Wildman–Crippen MR) is 94.5 cm³/mol. The predicted octanol–water partition coefficient (Wildman–Crippen LogP) is 6.62. The molecule has 1 N–H and O–H groups in total. The number of nitrogens with one attached hydrogen (secondary N) is 1. The lowest BCUT2D eigenvalue weighted by Gasteiger charge is -2.26. The van der Waals surface area contributed by atoms with E-state index in [0.717, 1.165) is 20.6 Å². The topological polar surface area (TPSA) is 12.0 Å². The van der Waals surface area contributed by atoms with Gasteiger partial charge in [-0.15, -0.1) is 11.3 Å². The molecule has 1 atom stereocenters. The van der Waals surface area contributed by atoms with Crippen LogP contribution in [0.5, 0.6) is 0 Å². The van der Waals surface area contributed by atoms with Crippen molar-refractivity contribution in [3.05, 3.63) is 49.5 Å². The van der Waals surface area contributed by atoms with E-state index >= 15 is 0 Å². The van der Waals surface area contributed by atoms with Crippen LogP contribution in [0.1, 0.15) is 36.6 Å². The lowest BCUT2D eigenvalue weighted by atomic mass is 9.96. The zero-order valence-electron chi connectivity index (χ0n) is 11.1. The molecule has 1 heterocycles. The van der Waals surface area contributed by atoms with E-state index in [1.165, 1.54) is 30.6 Å². The van der Waals surface area contributed by atoms with Crippen molar-refractivity contribution in [1.82, 2.24) is 0 Å². The minimum absolute atomic E-state index is 0.424. The Morgan fingerprint density at radius 1 is 1.05 bits per heavy atom. The molecule has 0 bridgehead atoms. The molecule has 1 aromatic carbocycles. The highest BCUT2D eigenvalue weighted by atomic mass is 79.9. The Balaban J connectivity index is 1.90. The molecule has 2 aromatic rings. The summed E-state index contributed by atoms with van der Waals surface area (Å²) in [7, 11) is 0. The fraction of sp³-hybridized carbons (Fsp3) is 0.375. The van der Waals surface area contributed by atoms with E-state index in [1.807, 2.05) is 11.3 Å². The minimum Gasteiger partial charge on any atom is -0.375 e. The van der Waals surface area contributed by atoms with Crippen LogP contribution in [-0.2, 0) is 0 Å². The van der Waals surface area contributed by atoms with Crippen molar-refractivity contribution in [3.63, 3.8) is 0 Å². The van der Waals surface area contributed by atoms with E-state index in [0.29, 0.717) is 6.04 Å². The fourth-order valence-electron chi connectivity index (χ4n) is 2.97. The van der Waals surface area contributed by atoms with E-state index in [-0.39, 0.29) is 0 Å². The molecule has 1 unspecified atom stereocenters. The van der Waals surface area contributed by atoms with Gasteiger partial charge < -0.3 is 5.32 Å². The molecule has 1 aliphatic rings. The van der Waals surface area contributed by atoms with Crippen molar-refractivity contribution in [2.75, 3.05) is 5.32 Å². The summed E-state index contributed by atoms with van der Waals surface area (Å²) in [5.41, 5.74) is 1.16. The number of hydrogen-bond acceptors (Lipinski definition) is 2. The second-order valence-corrected chi connectivity index (χ2v) is 7.97. The quantitative estimate of drug-likeness (QED) is 0.592. The maximum absolute atomic E-state index is 3.78. The summed E-state index contributed by atoms with van der Waals surface area (Å²) < 4.78 is 2.23. The molecule has 20 heavy (non-hydrogen) atoms. The first-order chi connectivity index (χ1) is 9.75. The lowest BCUT2D eigenvalue weighted by Crippen LogP contribution is -2.18. The second kappa shape index (κ2) is 6.63. The van der Waals surface area contributed by atoms with Crippen LogP contribution in [-0.4, -0.2) is 0 Å². The first-order valence-corrected chi connectivity index (χ1v) is 9.46. The van der Waals surface area contributed by atoms with Gasteiger partial charge in [0.2, 0.25) is 0 Å². The molecule has 0 spiro atoms. The van der Waals surface area contributed by atoms with Crippen LogP contribution in [0.15, 0.2) is 44.7 Å². The molecule has 1 saturated carbocycles. The Bertz CT molecular complexity index is 542. The highest BCUT2D eigenvalue weighted by molar-refractivity contribution is 9.11. The molecule has 1 aromatic heterocycles. The number of thiophene rings is 1. The molecule has 0 aliphatic heterocycles. The number of rotatable bonds is 4. The summed E-state index contributed by atoms with van der Waals surface area (Å²) in [5, 5.41) is 5.95. The number of para-hydroxylation sites is 1. The average Bonchev–Trinajstić information content (AvgIpc) is 3.12. The molecule has 0 saturated heterocycles. The first kappa shape index (κ1) is 14.6. The number of anilines is 1. The zero-order valence-corrected chi connectivity index (χ0v) is 15.1. The molecule has 0 radical (unpaired) electrons. The third-order valence-corrected chi connectivity index (χ3v) is 6.26. The molecular formula is C16H17Br2NS. The molecule has 1 nitrogen and oxygen atoms in total. The number of benzene rings is 1. The van der Waals surface area contributed by atoms with Crippen molar-refractivity contribution in [1.29, 1.82) is 0 Å². The Hall–Kier alpha value is -0.320. The maximum atomic E-state index is 3.78. The van der Waals surface area contributed by atoms with Crippen LogP contribution in [0.2, 0.25) is 0 Å². The smallest absolute Gasteiger partial charge is 0.0635 e. The Morgan fingerprint density at radius 2 is 1.75 bits per heavy atom. The Labute approximate surface area is 141 Å². The second-order valence-electron chi connectivity index (χ2n) is 5.28. The van der Waals surface area contributed by atoms with Crippen molar-refractivity contribution in [2.24, 2.45) is 5.92 Å². The van der Waals surface area contributed by atoms with Crippen LogP contribution < -0.4 is 5.32 Å². The molecular weight excluding hydrogens is 398 g/mol. The van der Waals surface area contributed by atoms with Gasteiger partial charge in [0.25, 0.3) is 0 Å². The van der Waals surface area contributed by atoms with Gasteiger partial charge in [-0.2, -0.15) is 0 Å². The van der Waals surface area contributed by atoms with Crippen LogP contribution in [0.25, 0.3) is 0 Å². The van der Waals surface area contributed by atoms with Gasteiger partial charge in [-0.3, -0.25) is 0 Å². The fourth-order valence-corrected chi connectivity index (χ4v) is 5.07. The van der Waals surface area contributed by atoms with Crippen molar-refractivity contribution < 1.29 is 0 Å². The van der Waals surface area contributed by atoms with Gasteiger partial charge in [0.1, 0.15) is 0 Å². The number of halogens is 2. The van der Waals surface area contributed by atoms with Gasteiger partial charge in [0.15, 0.2) is 0 Å². The highest BCUT2D eigenvalue weighted by Crippen LogP contribution is 2.42. The monoisotopic (exact) mass is 413 g/mol. The summed E-state index contributed by atoms with van der Waals surface area (Å²) in [6, 6.07) is 11.1. The summed E-state index contributed by atoms with van der Waals surface area (Å²) >= 11 is 9.17. The highest BCUT2D eigenvalue weighted by Gasteiger charge is 2.27. The van der Waals surface area contributed by atoms with Gasteiger partial charge in [-0.05, 0) is 74.2 Å². The first-order valence-electron chi connectivity index (χ1n) is 6.99. The van der Waals surface area contributed by atoms with E-state index in [9.17, 15) is 0 Å². The van der Waals surface area contributed by atoms with E-state index < -0.39 is 0 Å².